The molecule has 0 unspecified atom stereocenters. The third-order valence-electron chi connectivity index (χ3n) is 3.14. The minimum atomic E-state index is -0.140. The maximum atomic E-state index is 12.3. The first-order valence-corrected chi connectivity index (χ1v) is 6.38. The van der Waals surface area contributed by atoms with Gasteiger partial charge in [0.1, 0.15) is 5.82 Å². The van der Waals surface area contributed by atoms with Crippen LogP contribution in [-0.2, 0) is 4.79 Å². The molecule has 0 atom stereocenters. The summed E-state index contributed by atoms with van der Waals surface area (Å²) in [5.41, 5.74) is 3.25. The molecule has 0 spiro atoms. The van der Waals surface area contributed by atoms with E-state index in [-0.39, 0.29) is 5.91 Å². The zero-order valence-corrected chi connectivity index (χ0v) is 10.9. The van der Waals surface area contributed by atoms with Crippen LogP contribution in [0, 0.1) is 0 Å². The fourth-order valence-electron chi connectivity index (χ4n) is 2.26. The summed E-state index contributed by atoms with van der Waals surface area (Å²) in [6.07, 6.45) is 0. The van der Waals surface area contributed by atoms with Crippen LogP contribution in [-0.4, -0.2) is 5.91 Å². The van der Waals surface area contributed by atoms with Crippen LogP contribution in [0.1, 0.15) is 11.1 Å². The van der Waals surface area contributed by atoms with Gasteiger partial charge in [-0.3, -0.25) is 4.79 Å². The van der Waals surface area contributed by atoms with Crippen LogP contribution in [0.25, 0.3) is 11.3 Å². The number of benzene rings is 2. The number of carbonyl (C=O) groups is 1. The molecule has 2 N–H and O–H groups in total. The van der Waals surface area contributed by atoms with E-state index in [0.717, 1.165) is 16.8 Å². The molecule has 1 heterocycles. The van der Waals surface area contributed by atoms with Gasteiger partial charge in [0.05, 0.1) is 11.3 Å². The van der Waals surface area contributed by atoms with Crippen LogP contribution < -0.4 is 10.6 Å². The smallest absolute Gasteiger partial charge is 0.259 e. The third-order valence-corrected chi connectivity index (χ3v) is 3.14. The second-order valence-corrected chi connectivity index (χ2v) is 4.54. The van der Waals surface area contributed by atoms with Gasteiger partial charge in [0.15, 0.2) is 0 Å². The molecule has 2 aromatic carbocycles. The molecular formula is C17H14N2O. The fraction of sp³-hybridized carbons (Fsp3) is 0. The first-order chi connectivity index (χ1) is 9.75. The van der Waals surface area contributed by atoms with E-state index in [2.05, 4.69) is 17.2 Å². The maximum absolute atomic E-state index is 12.3. The molecule has 1 aliphatic rings. The van der Waals surface area contributed by atoms with Gasteiger partial charge in [0.25, 0.3) is 5.91 Å². The van der Waals surface area contributed by atoms with E-state index < -0.39 is 0 Å². The van der Waals surface area contributed by atoms with Gasteiger partial charge in [-0.1, -0.05) is 67.2 Å². The fourth-order valence-corrected chi connectivity index (χ4v) is 2.26. The summed E-state index contributed by atoms with van der Waals surface area (Å²) in [4.78, 5) is 12.3. The summed E-state index contributed by atoms with van der Waals surface area (Å²) in [6, 6.07) is 19.4. The van der Waals surface area contributed by atoms with E-state index >= 15 is 0 Å². The number of hydrogen-bond donors (Lipinski definition) is 2. The lowest BCUT2D eigenvalue weighted by atomic mass is 9.97. The second-order valence-electron chi connectivity index (χ2n) is 4.54. The van der Waals surface area contributed by atoms with E-state index in [0.29, 0.717) is 11.4 Å². The molecule has 1 amide bonds. The Morgan fingerprint density at radius 2 is 1.30 bits per heavy atom. The first kappa shape index (κ1) is 12.2. The van der Waals surface area contributed by atoms with E-state index in [1.807, 2.05) is 60.7 Å². The highest BCUT2D eigenvalue weighted by atomic mass is 16.2. The van der Waals surface area contributed by atoms with E-state index in [9.17, 15) is 4.79 Å². The van der Waals surface area contributed by atoms with Crippen LogP contribution in [0.2, 0.25) is 0 Å². The molecule has 3 nitrogen and oxygen atoms in total. The van der Waals surface area contributed by atoms with Crippen molar-refractivity contribution < 1.29 is 4.79 Å². The lowest BCUT2D eigenvalue weighted by Gasteiger charge is -2.24. The Morgan fingerprint density at radius 3 is 1.90 bits per heavy atom. The number of carbonyl (C=O) groups excluding carboxylic acids is 1. The van der Waals surface area contributed by atoms with E-state index in [1.54, 1.807) is 0 Å². The molecule has 0 saturated carbocycles. The molecule has 0 saturated heterocycles. The Balaban J connectivity index is 2.21. The summed E-state index contributed by atoms with van der Waals surface area (Å²) in [7, 11) is 0. The van der Waals surface area contributed by atoms with Crippen molar-refractivity contribution in [3.05, 3.63) is 84.2 Å². The maximum Gasteiger partial charge on any atom is 0.259 e. The molecule has 20 heavy (non-hydrogen) atoms. The van der Waals surface area contributed by atoms with Gasteiger partial charge in [0, 0.05) is 0 Å². The monoisotopic (exact) mass is 262 g/mol. The van der Waals surface area contributed by atoms with Crippen molar-refractivity contribution in [1.82, 2.24) is 10.6 Å². The van der Waals surface area contributed by atoms with Gasteiger partial charge in [-0.15, -0.1) is 0 Å². The highest BCUT2D eigenvalue weighted by Gasteiger charge is 2.24. The van der Waals surface area contributed by atoms with Crippen LogP contribution >= 0.6 is 0 Å². The van der Waals surface area contributed by atoms with Crippen molar-refractivity contribution in [3.8, 4) is 0 Å². The van der Waals surface area contributed by atoms with Gasteiger partial charge in [-0.05, 0) is 11.1 Å². The summed E-state index contributed by atoms with van der Waals surface area (Å²) in [5, 5.41) is 5.89. The van der Waals surface area contributed by atoms with Gasteiger partial charge < -0.3 is 10.6 Å². The van der Waals surface area contributed by atoms with Crippen molar-refractivity contribution in [3.63, 3.8) is 0 Å². The predicted molar refractivity (Wildman–Crippen MR) is 80.1 cm³/mol. The Hall–Kier alpha value is -2.81. The zero-order valence-electron chi connectivity index (χ0n) is 10.9. The Labute approximate surface area is 117 Å². The number of hydrogen-bond acceptors (Lipinski definition) is 2. The Morgan fingerprint density at radius 1 is 0.750 bits per heavy atom. The van der Waals surface area contributed by atoms with E-state index in [1.165, 1.54) is 0 Å². The van der Waals surface area contributed by atoms with Crippen LogP contribution in [0.5, 0.6) is 0 Å². The average Bonchev–Trinajstić information content (AvgIpc) is 2.48. The average molecular weight is 262 g/mol. The largest absolute Gasteiger partial charge is 0.341 e. The standard InChI is InChI=1S/C17H14N2O/c1-12-18-16(14-10-6-3-7-11-14)15(17(20)19-12)13-8-4-2-5-9-13/h2-11,18H,1H2,(H,19,20). The summed E-state index contributed by atoms with van der Waals surface area (Å²) >= 11 is 0. The van der Waals surface area contributed by atoms with Crippen molar-refractivity contribution in [2.45, 2.75) is 0 Å². The lowest BCUT2D eigenvalue weighted by molar-refractivity contribution is -0.115. The predicted octanol–water partition coefficient (Wildman–Crippen LogP) is 2.75. The molecule has 3 rings (SSSR count). The molecular weight excluding hydrogens is 248 g/mol. The minimum Gasteiger partial charge on any atom is -0.341 e. The van der Waals surface area contributed by atoms with Crippen molar-refractivity contribution >= 4 is 17.2 Å². The molecule has 0 fully saturated rings. The molecule has 2 aromatic rings. The van der Waals surface area contributed by atoms with Crippen molar-refractivity contribution in [2.24, 2.45) is 0 Å². The molecule has 98 valence electrons. The summed E-state index contributed by atoms with van der Waals surface area (Å²) in [6.45, 7) is 3.79. The van der Waals surface area contributed by atoms with Crippen molar-refractivity contribution in [2.75, 3.05) is 0 Å². The zero-order chi connectivity index (χ0) is 13.9. The minimum absolute atomic E-state index is 0.140. The molecule has 3 heteroatoms. The normalized spacial score (nSPS) is 14.8. The first-order valence-electron chi connectivity index (χ1n) is 6.38. The Bertz CT molecular complexity index is 687. The molecule has 0 bridgehead atoms. The van der Waals surface area contributed by atoms with Crippen LogP contribution in [0.4, 0.5) is 0 Å². The molecule has 0 radical (unpaired) electrons. The third kappa shape index (κ3) is 2.21. The van der Waals surface area contributed by atoms with Gasteiger partial charge in [-0.25, -0.2) is 0 Å². The molecule has 0 aliphatic carbocycles. The number of nitrogens with one attached hydrogen (secondary N) is 2. The highest BCUT2D eigenvalue weighted by molar-refractivity contribution is 6.28. The summed E-state index contributed by atoms with van der Waals surface area (Å²) < 4.78 is 0. The highest BCUT2D eigenvalue weighted by Crippen LogP contribution is 2.27. The SMILES string of the molecule is C=C1NC(=O)C(c2ccccc2)=C(c2ccccc2)N1. The van der Waals surface area contributed by atoms with Crippen LogP contribution in [0.15, 0.2) is 73.1 Å². The lowest BCUT2D eigenvalue weighted by Crippen LogP contribution is -2.37. The van der Waals surface area contributed by atoms with Gasteiger partial charge in [0.2, 0.25) is 0 Å². The molecule has 0 aromatic heterocycles. The Kier molecular flexibility index (Phi) is 3.09. The number of amides is 1. The van der Waals surface area contributed by atoms with Gasteiger partial charge in [-0.2, -0.15) is 0 Å². The van der Waals surface area contributed by atoms with Gasteiger partial charge >= 0.3 is 0 Å². The second kappa shape index (κ2) is 5.05. The molecule has 1 aliphatic heterocycles. The topological polar surface area (TPSA) is 41.1 Å². The quantitative estimate of drug-likeness (QED) is 0.873. The van der Waals surface area contributed by atoms with E-state index in [4.69, 9.17) is 0 Å². The van der Waals surface area contributed by atoms with Crippen molar-refractivity contribution in [1.29, 1.82) is 0 Å². The summed E-state index contributed by atoms with van der Waals surface area (Å²) in [5.74, 6) is 0.354. The van der Waals surface area contributed by atoms with Crippen LogP contribution in [0.3, 0.4) is 0 Å². The number of rotatable bonds is 2.